The van der Waals surface area contributed by atoms with Crippen molar-refractivity contribution in [3.05, 3.63) is 107 Å². The predicted molar refractivity (Wildman–Crippen MR) is 131 cm³/mol. The Kier molecular flexibility index (Phi) is 6.08. The van der Waals surface area contributed by atoms with Crippen molar-refractivity contribution >= 4 is 34.4 Å². The lowest BCUT2D eigenvalue weighted by molar-refractivity contribution is -0.139. The predicted octanol–water partition coefficient (Wildman–Crippen LogP) is 4.28. The summed E-state index contributed by atoms with van der Waals surface area (Å²) in [6, 6.07) is 16.4. The van der Waals surface area contributed by atoms with Gasteiger partial charge in [-0.15, -0.1) is 0 Å². The minimum absolute atomic E-state index is 0.0316. The number of Topliss-reactive ketones (excluding diaryl/α,β-unsaturated/α-hetero) is 1. The van der Waals surface area contributed by atoms with Gasteiger partial charge >= 0.3 is 5.97 Å². The maximum Gasteiger partial charge on any atom is 0.337 e. The molecule has 1 aliphatic rings. The van der Waals surface area contributed by atoms with Gasteiger partial charge in [0.2, 0.25) is 0 Å². The molecular formula is C28H22N2O6. The fourth-order valence-corrected chi connectivity index (χ4v) is 4.50. The number of nitrogens with zero attached hydrogens (tertiary/aromatic N) is 2. The summed E-state index contributed by atoms with van der Waals surface area (Å²) in [4.78, 5) is 43.7. The second kappa shape index (κ2) is 9.50. The van der Waals surface area contributed by atoms with E-state index in [0.717, 1.165) is 16.5 Å². The minimum Gasteiger partial charge on any atom is -0.507 e. The van der Waals surface area contributed by atoms with E-state index in [1.165, 1.54) is 18.2 Å². The van der Waals surface area contributed by atoms with Gasteiger partial charge in [0.1, 0.15) is 11.3 Å². The summed E-state index contributed by atoms with van der Waals surface area (Å²) in [6.07, 6.45) is 5.07. The number of carbonyl (C=O) groups is 3. The standard InChI is InChI=1S/C28H22N2O6/c1-35-28(34)18-10-8-17(9-11-18)24-23(25(31)19-5-4-13-29-15-19)26(32)27(33)30(24)14-12-20-16-36-22-7-3-2-6-21(20)22/h2-11,13,15-16,24,31H,12,14H2,1H3/b25-23+. The Morgan fingerprint density at radius 3 is 2.56 bits per heavy atom. The molecule has 8 nitrogen and oxygen atoms in total. The molecule has 4 aromatic rings. The van der Waals surface area contributed by atoms with Gasteiger partial charge < -0.3 is 19.2 Å². The molecule has 1 fully saturated rings. The van der Waals surface area contributed by atoms with Crippen molar-refractivity contribution in [3.8, 4) is 0 Å². The number of hydrogen-bond donors (Lipinski definition) is 1. The van der Waals surface area contributed by atoms with Crippen LogP contribution >= 0.6 is 0 Å². The second-order valence-corrected chi connectivity index (χ2v) is 8.35. The summed E-state index contributed by atoms with van der Waals surface area (Å²) in [5, 5.41) is 12.0. The SMILES string of the molecule is COC(=O)c1ccc(C2/C(=C(\O)c3cccnc3)C(=O)C(=O)N2CCc2coc3ccccc23)cc1. The van der Waals surface area contributed by atoms with Crippen LogP contribution in [-0.2, 0) is 20.7 Å². The zero-order valence-electron chi connectivity index (χ0n) is 19.4. The maximum absolute atomic E-state index is 13.2. The van der Waals surface area contributed by atoms with Crippen molar-refractivity contribution in [3.63, 3.8) is 0 Å². The van der Waals surface area contributed by atoms with Crippen LogP contribution in [-0.4, -0.2) is 46.3 Å². The van der Waals surface area contributed by atoms with Gasteiger partial charge in [0, 0.05) is 29.9 Å². The summed E-state index contributed by atoms with van der Waals surface area (Å²) in [5.41, 5.74) is 2.84. The Labute approximate surface area is 206 Å². The molecule has 36 heavy (non-hydrogen) atoms. The van der Waals surface area contributed by atoms with Crippen molar-refractivity contribution in [1.82, 2.24) is 9.88 Å². The van der Waals surface area contributed by atoms with Crippen molar-refractivity contribution in [2.45, 2.75) is 12.5 Å². The monoisotopic (exact) mass is 482 g/mol. The summed E-state index contributed by atoms with van der Waals surface area (Å²) in [6.45, 7) is 0.210. The summed E-state index contributed by atoms with van der Waals surface area (Å²) < 4.78 is 10.4. The highest BCUT2D eigenvalue weighted by Gasteiger charge is 2.46. The average molecular weight is 482 g/mol. The van der Waals surface area contributed by atoms with Crippen LogP contribution in [0.5, 0.6) is 0 Å². The first-order valence-electron chi connectivity index (χ1n) is 11.3. The van der Waals surface area contributed by atoms with Crippen molar-refractivity contribution in [2.75, 3.05) is 13.7 Å². The smallest absolute Gasteiger partial charge is 0.337 e. The Morgan fingerprint density at radius 2 is 1.83 bits per heavy atom. The van der Waals surface area contributed by atoms with E-state index in [-0.39, 0.29) is 17.9 Å². The van der Waals surface area contributed by atoms with Crippen molar-refractivity contribution in [2.24, 2.45) is 0 Å². The summed E-state index contributed by atoms with van der Waals surface area (Å²) in [7, 11) is 1.29. The number of methoxy groups -OCH3 is 1. The number of fused-ring (bicyclic) bond motifs is 1. The number of aliphatic hydroxyl groups is 1. The number of furan rings is 1. The molecule has 1 N–H and O–H groups in total. The second-order valence-electron chi connectivity index (χ2n) is 8.35. The Bertz CT molecular complexity index is 1490. The lowest BCUT2D eigenvalue weighted by atomic mass is 9.95. The maximum atomic E-state index is 13.2. The highest BCUT2D eigenvalue weighted by atomic mass is 16.5. The van der Waals surface area contributed by atoms with Crippen LogP contribution < -0.4 is 0 Å². The number of hydrogen-bond acceptors (Lipinski definition) is 7. The van der Waals surface area contributed by atoms with Crippen molar-refractivity contribution in [1.29, 1.82) is 0 Å². The molecule has 0 saturated carbocycles. The number of rotatable bonds is 6. The van der Waals surface area contributed by atoms with Gasteiger partial charge in [0.15, 0.2) is 0 Å². The summed E-state index contributed by atoms with van der Waals surface area (Å²) >= 11 is 0. The number of ketones is 1. The first-order chi connectivity index (χ1) is 17.5. The lowest BCUT2D eigenvalue weighted by Crippen LogP contribution is -2.31. The quantitative estimate of drug-likeness (QED) is 0.189. The number of esters is 1. The van der Waals surface area contributed by atoms with Gasteiger partial charge in [0.05, 0.1) is 30.6 Å². The number of pyridine rings is 1. The van der Waals surface area contributed by atoms with E-state index in [1.54, 1.807) is 48.9 Å². The molecule has 180 valence electrons. The molecule has 1 amide bonds. The molecule has 0 aliphatic carbocycles. The Balaban J connectivity index is 1.56. The Morgan fingerprint density at radius 1 is 1.06 bits per heavy atom. The first-order valence-corrected chi connectivity index (χ1v) is 11.3. The summed E-state index contributed by atoms with van der Waals surface area (Å²) in [5.74, 6) is -2.30. The van der Waals surface area contributed by atoms with Crippen LogP contribution in [0.2, 0.25) is 0 Å². The molecule has 1 aliphatic heterocycles. The molecule has 5 rings (SSSR count). The number of aliphatic hydroxyl groups excluding tert-OH is 1. The first kappa shape index (κ1) is 23.0. The van der Waals surface area contributed by atoms with Gasteiger partial charge in [-0.3, -0.25) is 14.6 Å². The molecule has 0 radical (unpaired) electrons. The zero-order valence-corrected chi connectivity index (χ0v) is 19.4. The molecule has 0 spiro atoms. The number of amides is 1. The third-order valence-corrected chi connectivity index (χ3v) is 6.31. The number of ether oxygens (including phenoxy) is 1. The van der Waals surface area contributed by atoms with Crippen LogP contribution in [0.3, 0.4) is 0 Å². The molecule has 1 saturated heterocycles. The molecule has 1 atom stereocenters. The van der Waals surface area contributed by atoms with Gasteiger partial charge in [0.25, 0.3) is 11.7 Å². The fourth-order valence-electron chi connectivity index (χ4n) is 4.50. The van der Waals surface area contributed by atoms with Gasteiger partial charge in [-0.1, -0.05) is 30.3 Å². The van der Waals surface area contributed by atoms with Crippen molar-refractivity contribution < 1.29 is 28.6 Å². The van der Waals surface area contributed by atoms with Gasteiger partial charge in [-0.05, 0) is 47.9 Å². The molecule has 0 bridgehead atoms. The highest BCUT2D eigenvalue weighted by Crippen LogP contribution is 2.39. The molecular weight excluding hydrogens is 460 g/mol. The molecule has 3 heterocycles. The van der Waals surface area contributed by atoms with E-state index in [0.29, 0.717) is 23.1 Å². The van der Waals surface area contributed by atoms with E-state index >= 15 is 0 Å². The number of benzene rings is 2. The van der Waals surface area contributed by atoms with Crippen LogP contribution in [0.15, 0.2) is 89.3 Å². The lowest BCUT2D eigenvalue weighted by Gasteiger charge is -2.25. The van der Waals surface area contributed by atoms with E-state index in [2.05, 4.69) is 4.98 Å². The number of aromatic nitrogens is 1. The number of carbonyl (C=O) groups excluding carboxylic acids is 3. The zero-order chi connectivity index (χ0) is 25.2. The minimum atomic E-state index is -0.852. The van der Waals surface area contributed by atoms with Gasteiger partial charge in [-0.25, -0.2) is 4.79 Å². The van der Waals surface area contributed by atoms with E-state index < -0.39 is 23.7 Å². The van der Waals surface area contributed by atoms with E-state index in [9.17, 15) is 19.5 Å². The molecule has 8 heteroatoms. The van der Waals surface area contributed by atoms with Gasteiger partial charge in [-0.2, -0.15) is 0 Å². The van der Waals surface area contributed by atoms with Crippen LogP contribution in [0, 0.1) is 0 Å². The number of likely N-dealkylation sites (tertiary alicyclic amines) is 1. The van der Waals surface area contributed by atoms with E-state index in [4.69, 9.17) is 9.15 Å². The van der Waals surface area contributed by atoms with Crippen LogP contribution in [0.1, 0.15) is 33.1 Å². The van der Waals surface area contributed by atoms with E-state index in [1.807, 2.05) is 24.3 Å². The third kappa shape index (κ3) is 4.02. The highest BCUT2D eigenvalue weighted by molar-refractivity contribution is 6.46. The van der Waals surface area contributed by atoms with Crippen LogP contribution in [0.25, 0.3) is 16.7 Å². The van der Waals surface area contributed by atoms with Crippen LogP contribution in [0.4, 0.5) is 0 Å². The topological polar surface area (TPSA) is 110 Å². The Hall–Kier alpha value is -4.72. The third-order valence-electron chi connectivity index (χ3n) is 6.31. The number of para-hydroxylation sites is 1. The fraction of sp³-hybridized carbons (Fsp3) is 0.143. The average Bonchev–Trinajstić information content (AvgIpc) is 3.45. The largest absolute Gasteiger partial charge is 0.507 e. The molecule has 2 aromatic carbocycles. The molecule has 2 aromatic heterocycles. The normalized spacial score (nSPS) is 17.0. The molecule has 1 unspecified atom stereocenters.